The van der Waals surface area contributed by atoms with Crippen molar-refractivity contribution in [3.8, 4) is 0 Å². The molecular weight excluding hydrogens is 202 g/mol. The van der Waals surface area contributed by atoms with Crippen LogP contribution >= 0.6 is 11.6 Å². The lowest BCUT2D eigenvalue weighted by atomic mass is 9.83. The van der Waals surface area contributed by atoms with Crippen molar-refractivity contribution in [2.45, 2.75) is 37.3 Å². The fourth-order valence-corrected chi connectivity index (χ4v) is 2.34. The molecule has 5 N–H and O–H groups in total. The van der Waals surface area contributed by atoms with Crippen LogP contribution in [0.4, 0.5) is 0 Å². The molecular formula is C9H18ClN3O. The Morgan fingerprint density at radius 3 is 2.79 bits per heavy atom. The van der Waals surface area contributed by atoms with Crippen LogP contribution in [0.2, 0.25) is 0 Å². The van der Waals surface area contributed by atoms with Crippen molar-refractivity contribution in [1.29, 1.82) is 0 Å². The molecule has 0 spiro atoms. The third-order valence-corrected chi connectivity index (χ3v) is 3.00. The van der Waals surface area contributed by atoms with Crippen molar-refractivity contribution in [2.75, 3.05) is 13.1 Å². The zero-order valence-electron chi connectivity index (χ0n) is 8.26. The van der Waals surface area contributed by atoms with Gasteiger partial charge in [-0.05, 0) is 30.9 Å². The summed E-state index contributed by atoms with van der Waals surface area (Å²) < 4.78 is 0. The molecule has 0 aliphatic carbocycles. The highest BCUT2D eigenvalue weighted by Gasteiger charge is 2.35. The molecule has 5 heteroatoms. The Hall–Kier alpha value is -0.160. The van der Waals surface area contributed by atoms with Crippen LogP contribution in [0.3, 0.4) is 0 Å². The van der Waals surface area contributed by atoms with E-state index in [1.165, 1.54) is 0 Å². The Morgan fingerprint density at radius 1 is 1.57 bits per heavy atom. The van der Waals surface area contributed by atoms with Gasteiger partial charge in [0, 0.05) is 31.1 Å². The molecule has 1 heterocycles. The zero-order chi connectivity index (χ0) is 10.6. The van der Waals surface area contributed by atoms with Gasteiger partial charge in [0.25, 0.3) is 0 Å². The lowest BCUT2D eigenvalue weighted by molar-refractivity contribution is -0.113. The highest BCUT2D eigenvalue weighted by Crippen LogP contribution is 2.25. The molecule has 82 valence electrons. The zero-order valence-corrected chi connectivity index (χ0v) is 9.02. The molecule has 14 heavy (non-hydrogen) atoms. The molecule has 0 aromatic heterocycles. The molecule has 0 saturated carbocycles. The van der Waals surface area contributed by atoms with Crippen LogP contribution in [-0.4, -0.2) is 29.9 Å². The first-order valence-electron chi connectivity index (χ1n) is 4.98. The summed E-state index contributed by atoms with van der Waals surface area (Å²) in [7, 11) is 0. The van der Waals surface area contributed by atoms with E-state index in [-0.39, 0.29) is 16.8 Å². The van der Waals surface area contributed by atoms with Gasteiger partial charge >= 0.3 is 0 Å². The largest absolute Gasteiger partial charge is 0.329 e. The molecule has 0 radical (unpaired) electrons. The van der Waals surface area contributed by atoms with Crippen LogP contribution in [0, 0.1) is 0 Å². The molecule has 1 rings (SSSR count). The van der Waals surface area contributed by atoms with E-state index in [1.807, 2.05) is 0 Å². The molecule has 0 amide bonds. The van der Waals surface area contributed by atoms with Crippen molar-refractivity contribution in [2.24, 2.45) is 11.5 Å². The minimum absolute atomic E-state index is 0.267. The van der Waals surface area contributed by atoms with Gasteiger partial charge in [-0.3, -0.25) is 4.79 Å². The number of piperidine rings is 1. The first-order chi connectivity index (χ1) is 6.62. The van der Waals surface area contributed by atoms with E-state index in [0.29, 0.717) is 19.5 Å². The van der Waals surface area contributed by atoms with E-state index in [4.69, 9.17) is 23.1 Å². The SMILES string of the molecule is NCC1CCCC(CN)(CC(=O)Cl)N1. The standard InChI is InChI=1S/C9H18ClN3O/c10-8(14)4-9(6-12)3-1-2-7(5-11)13-9/h7,13H,1-6,11-12H2. The van der Waals surface area contributed by atoms with Gasteiger partial charge in [0.1, 0.15) is 0 Å². The maximum atomic E-state index is 10.9. The van der Waals surface area contributed by atoms with Crippen LogP contribution in [0.25, 0.3) is 0 Å². The Balaban J connectivity index is 2.62. The summed E-state index contributed by atoms with van der Waals surface area (Å²) in [6.07, 6.45) is 3.30. The molecule has 1 fully saturated rings. The number of hydrogen-bond acceptors (Lipinski definition) is 4. The van der Waals surface area contributed by atoms with E-state index < -0.39 is 0 Å². The second kappa shape index (κ2) is 5.07. The first-order valence-corrected chi connectivity index (χ1v) is 5.36. The molecule has 0 aromatic carbocycles. The summed E-state index contributed by atoms with van der Waals surface area (Å²) in [5, 5.41) is 3.01. The summed E-state index contributed by atoms with van der Waals surface area (Å²) in [4.78, 5) is 10.9. The smallest absolute Gasteiger partial charge is 0.223 e. The van der Waals surface area contributed by atoms with Crippen molar-refractivity contribution in [3.05, 3.63) is 0 Å². The molecule has 1 aliphatic heterocycles. The summed E-state index contributed by atoms with van der Waals surface area (Å²) in [5.74, 6) is 0. The highest BCUT2D eigenvalue weighted by atomic mass is 35.5. The Bertz CT molecular complexity index is 212. The van der Waals surface area contributed by atoms with Crippen LogP contribution in [-0.2, 0) is 4.79 Å². The molecule has 0 aromatic rings. The molecule has 4 nitrogen and oxygen atoms in total. The lowest BCUT2D eigenvalue weighted by Gasteiger charge is -2.40. The number of carbonyl (C=O) groups is 1. The number of hydrogen-bond donors (Lipinski definition) is 3. The second-order valence-corrected chi connectivity index (χ2v) is 4.41. The Kier molecular flexibility index (Phi) is 4.31. The summed E-state index contributed by atoms with van der Waals surface area (Å²) in [6, 6.07) is 0.267. The van der Waals surface area contributed by atoms with E-state index in [2.05, 4.69) is 5.32 Å². The minimum Gasteiger partial charge on any atom is -0.329 e. The van der Waals surface area contributed by atoms with Crippen LogP contribution in [0.1, 0.15) is 25.7 Å². The van der Waals surface area contributed by atoms with Gasteiger partial charge in [0.15, 0.2) is 0 Å². The molecule has 2 atom stereocenters. The lowest BCUT2D eigenvalue weighted by Crippen LogP contribution is -2.60. The fourth-order valence-electron chi connectivity index (χ4n) is 2.08. The summed E-state index contributed by atoms with van der Waals surface area (Å²) >= 11 is 5.40. The summed E-state index contributed by atoms with van der Waals surface area (Å²) in [6.45, 7) is 1.01. The van der Waals surface area contributed by atoms with E-state index in [9.17, 15) is 4.79 Å². The van der Waals surface area contributed by atoms with Gasteiger partial charge in [0.05, 0.1) is 0 Å². The van der Waals surface area contributed by atoms with Gasteiger partial charge in [-0.15, -0.1) is 0 Å². The normalized spacial score (nSPS) is 32.9. The third kappa shape index (κ3) is 2.92. The third-order valence-electron chi connectivity index (χ3n) is 2.87. The molecule has 1 aliphatic rings. The van der Waals surface area contributed by atoms with Crippen LogP contribution in [0.15, 0.2) is 0 Å². The van der Waals surface area contributed by atoms with Crippen molar-refractivity contribution in [3.63, 3.8) is 0 Å². The second-order valence-electron chi connectivity index (χ2n) is 3.99. The minimum atomic E-state index is -0.333. The average molecular weight is 220 g/mol. The molecule has 0 bridgehead atoms. The fraction of sp³-hybridized carbons (Fsp3) is 0.889. The number of nitrogens with two attached hydrogens (primary N) is 2. The van der Waals surface area contributed by atoms with Gasteiger partial charge < -0.3 is 16.8 Å². The van der Waals surface area contributed by atoms with Crippen molar-refractivity contribution < 1.29 is 4.79 Å². The first kappa shape index (κ1) is 11.9. The topological polar surface area (TPSA) is 81.1 Å². The average Bonchev–Trinajstić information content (AvgIpc) is 2.17. The number of nitrogens with one attached hydrogen (secondary N) is 1. The van der Waals surface area contributed by atoms with Crippen molar-refractivity contribution >= 4 is 16.8 Å². The van der Waals surface area contributed by atoms with Gasteiger partial charge in [-0.1, -0.05) is 0 Å². The quantitative estimate of drug-likeness (QED) is 0.579. The van der Waals surface area contributed by atoms with Gasteiger partial charge in [-0.25, -0.2) is 0 Å². The van der Waals surface area contributed by atoms with Crippen molar-refractivity contribution in [1.82, 2.24) is 5.32 Å². The Morgan fingerprint density at radius 2 is 2.29 bits per heavy atom. The van der Waals surface area contributed by atoms with Gasteiger partial charge in [-0.2, -0.15) is 0 Å². The van der Waals surface area contributed by atoms with Crippen LogP contribution < -0.4 is 16.8 Å². The van der Waals surface area contributed by atoms with Crippen LogP contribution in [0.5, 0.6) is 0 Å². The maximum Gasteiger partial charge on any atom is 0.223 e. The van der Waals surface area contributed by atoms with E-state index >= 15 is 0 Å². The summed E-state index contributed by atoms with van der Waals surface area (Å²) in [5.41, 5.74) is 11.0. The molecule has 2 unspecified atom stereocenters. The Labute approximate surface area is 89.3 Å². The molecule has 1 saturated heterocycles. The monoisotopic (exact) mass is 219 g/mol. The predicted octanol–water partition coefficient (Wildman–Crippen LogP) is -0.0598. The predicted molar refractivity (Wildman–Crippen MR) is 57.1 cm³/mol. The number of rotatable bonds is 4. The van der Waals surface area contributed by atoms with Gasteiger partial charge in [0.2, 0.25) is 5.24 Å². The number of carbonyl (C=O) groups excluding carboxylic acids is 1. The highest BCUT2D eigenvalue weighted by molar-refractivity contribution is 6.63. The number of halogens is 1. The van der Waals surface area contributed by atoms with E-state index in [0.717, 1.165) is 19.3 Å². The van der Waals surface area contributed by atoms with E-state index in [1.54, 1.807) is 0 Å². The maximum absolute atomic E-state index is 10.9.